The standard InChI is InChI=1S/C14H23N3O/c1-10-4-5-13(16(10)3)14(18)17-8-6-12(7-9-17)11(2)15/h4-5,11-12H,6-9,15H2,1-3H3. The summed E-state index contributed by atoms with van der Waals surface area (Å²) < 4.78 is 1.96. The highest BCUT2D eigenvalue weighted by molar-refractivity contribution is 5.93. The van der Waals surface area contributed by atoms with Crippen molar-refractivity contribution in [1.29, 1.82) is 0 Å². The van der Waals surface area contributed by atoms with Crippen LogP contribution in [0.5, 0.6) is 0 Å². The van der Waals surface area contributed by atoms with Gasteiger partial charge in [-0.2, -0.15) is 0 Å². The van der Waals surface area contributed by atoms with Gasteiger partial charge >= 0.3 is 0 Å². The number of aryl methyl sites for hydroxylation is 1. The second-order valence-corrected chi connectivity index (χ2v) is 5.41. The molecule has 1 fully saturated rings. The molecule has 1 amide bonds. The Balaban J connectivity index is 2.02. The summed E-state index contributed by atoms with van der Waals surface area (Å²) in [6.07, 6.45) is 2.04. The van der Waals surface area contributed by atoms with E-state index < -0.39 is 0 Å². The van der Waals surface area contributed by atoms with E-state index in [9.17, 15) is 4.79 Å². The molecule has 1 aromatic heterocycles. The van der Waals surface area contributed by atoms with Crippen molar-refractivity contribution in [2.75, 3.05) is 13.1 Å². The van der Waals surface area contributed by atoms with Crippen molar-refractivity contribution < 1.29 is 4.79 Å². The third kappa shape index (κ3) is 2.43. The van der Waals surface area contributed by atoms with Gasteiger partial charge in [0, 0.05) is 31.9 Å². The maximum Gasteiger partial charge on any atom is 0.270 e. The lowest BCUT2D eigenvalue weighted by molar-refractivity contribution is 0.0671. The van der Waals surface area contributed by atoms with E-state index in [0.717, 1.165) is 37.3 Å². The minimum absolute atomic E-state index is 0.147. The number of hydrogen-bond donors (Lipinski definition) is 1. The Labute approximate surface area is 109 Å². The van der Waals surface area contributed by atoms with Gasteiger partial charge in [-0.25, -0.2) is 0 Å². The Bertz CT molecular complexity index is 428. The SMILES string of the molecule is Cc1ccc(C(=O)N2CCC(C(C)N)CC2)n1C. The number of nitrogens with two attached hydrogens (primary N) is 1. The summed E-state index contributed by atoms with van der Waals surface area (Å²) in [7, 11) is 1.94. The fraction of sp³-hybridized carbons (Fsp3) is 0.643. The molecule has 4 nitrogen and oxygen atoms in total. The molecule has 2 heterocycles. The minimum atomic E-state index is 0.147. The largest absolute Gasteiger partial charge is 0.344 e. The highest BCUT2D eigenvalue weighted by Gasteiger charge is 2.26. The minimum Gasteiger partial charge on any atom is -0.344 e. The van der Waals surface area contributed by atoms with Crippen LogP contribution in [0.2, 0.25) is 0 Å². The predicted octanol–water partition coefficient (Wildman–Crippen LogP) is 1.53. The van der Waals surface area contributed by atoms with Gasteiger partial charge in [0.15, 0.2) is 0 Å². The average Bonchev–Trinajstić information content (AvgIpc) is 2.69. The lowest BCUT2D eigenvalue weighted by atomic mass is 9.91. The van der Waals surface area contributed by atoms with Crippen molar-refractivity contribution >= 4 is 5.91 Å². The first-order chi connectivity index (χ1) is 8.50. The molecule has 0 aliphatic carbocycles. The molecule has 1 aliphatic heterocycles. The van der Waals surface area contributed by atoms with E-state index in [4.69, 9.17) is 5.73 Å². The lowest BCUT2D eigenvalue weighted by Gasteiger charge is -2.33. The zero-order chi connectivity index (χ0) is 13.3. The fourth-order valence-electron chi connectivity index (χ4n) is 2.62. The van der Waals surface area contributed by atoms with Crippen LogP contribution >= 0.6 is 0 Å². The molecule has 0 bridgehead atoms. The number of amides is 1. The van der Waals surface area contributed by atoms with Crippen LogP contribution in [0.3, 0.4) is 0 Å². The van der Waals surface area contributed by atoms with Crippen molar-refractivity contribution in [3.8, 4) is 0 Å². The summed E-state index contributed by atoms with van der Waals surface area (Å²) in [6.45, 7) is 5.73. The molecule has 0 radical (unpaired) electrons. The van der Waals surface area contributed by atoms with Crippen LogP contribution in [0.1, 0.15) is 35.9 Å². The van der Waals surface area contributed by atoms with Gasteiger partial charge in [0.2, 0.25) is 0 Å². The number of likely N-dealkylation sites (tertiary alicyclic amines) is 1. The summed E-state index contributed by atoms with van der Waals surface area (Å²) in [4.78, 5) is 14.3. The third-order valence-corrected chi connectivity index (χ3v) is 4.16. The Morgan fingerprint density at radius 3 is 2.44 bits per heavy atom. The van der Waals surface area contributed by atoms with Crippen LogP contribution in [0.25, 0.3) is 0 Å². The smallest absolute Gasteiger partial charge is 0.270 e. The normalized spacial score (nSPS) is 19.0. The molecule has 100 valence electrons. The molecule has 1 aliphatic rings. The van der Waals surface area contributed by atoms with Crippen molar-refractivity contribution in [1.82, 2.24) is 9.47 Å². The molecule has 0 aromatic carbocycles. The molecule has 2 rings (SSSR count). The number of carbonyl (C=O) groups is 1. The molecule has 0 saturated carbocycles. The van der Waals surface area contributed by atoms with Crippen LogP contribution in [0, 0.1) is 12.8 Å². The van der Waals surface area contributed by atoms with Gasteiger partial charge in [-0.15, -0.1) is 0 Å². The molecule has 2 N–H and O–H groups in total. The molecule has 1 aromatic rings. The number of nitrogens with zero attached hydrogens (tertiary/aromatic N) is 2. The maximum atomic E-state index is 12.4. The van der Waals surface area contributed by atoms with E-state index in [-0.39, 0.29) is 11.9 Å². The Morgan fingerprint density at radius 1 is 1.39 bits per heavy atom. The predicted molar refractivity (Wildman–Crippen MR) is 72.4 cm³/mol. The summed E-state index contributed by atoms with van der Waals surface area (Å²) in [5.74, 6) is 0.706. The zero-order valence-corrected chi connectivity index (χ0v) is 11.5. The highest BCUT2D eigenvalue weighted by Crippen LogP contribution is 2.21. The molecule has 1 unspecified atom stereocenters. The average molecular weight is 249 g/mol. The van der Waals surface area contributed by atoms with Gasteiger partial charge in [-0.05, 0) is 44.7 Å². The highest BCUT2D eigenvalue weighted by atomic mass is 16.2. The molecular weight excluding hydrogens is 226 g/mol. The van der Waals surface area contributed by atoms with Gasteiger partial charge in [0.05, 0.1) is 0 Å². The topological polar surface area (TPSA) is 51.3 Å². The third-order valence-electron chi connectivity index (χ3n) is 4.16. The van der Waals surface area contributed by atoms with E-state index in [1.165, 1.54) is 0 Å². The number of piperidine rings is 1. The van der Waals surface area contributed by atoms with Crippen molar-refractivity contribution in [3.63, 3.8) is 0 Å². The summed E-state index contributed by atoms with van der Waals surface area (Å²) in [5.41, 5.74) is 7.82. The molecule has 1 saturated heterocycles. The van der Waals surface area contributed by atoms with Crippen molar-refractivity contribution in [2.45, 2.75) is 32.7 Å². The first-order valence-corrected chi connectivity index (χ1v) is 6.68. The van der Waals surface area contributed by atoms with Crippen molar-refractivity contribution in [2.24, 2.45) is 18.7 Å². The number of rotatable bonds is 2. The molecule has 0 spiro atoms. The summed E-state index contributed by atoms with van der Waals surface area (Å²) in [5, 5.41) is 0. The molecule has 18 heavy (non-hydrogen) atoms. The van der Waals surface area contributed by atoms with Crippen LogP contribution in [-0.4, -0.2) is 34.5 Å². The van der Waals surface area contributed by atoms with Gasteiger partial charge in [0.1, 0.15) is 5.69 Å². The van der Waals surface area contributed by atoms with Gasteiger partial charge < -0.3 is 15.2 Å². The quantitative estimate of drug-likeness (QED) is 0.864. The molecule has 4 heteroatoms. The summed E-state index contributed by atoms with van der Waals surface area (Å²) in [6, 6.07) is 4.14. The summed E-state index contributed by atoms with van der Waals surface area (Å²) >= 11 is 0. The Kier molecular flexibility index (Phi) is 3.76. The van der Waals surface area contributed by atoms with E-state index in [1.54, 1.807) is 0 Å². The Morgan fingerprint density at radius 2 is 2.00 bits per heavy atom. The monoisotopic (exact) mass is 249 g/mol. The zero-order valence-electron chi connectivity index (χ0n) is 11.5. The van der Waals surface area contributed by atoms with Crippen LogP contribution in [-0.2, 0) is 7.05 Å². The van der Waals surface area contributed by atoms with Crippen LogP contribution in [0.15, 0.2) is 12.1 Å². The number of hydrogen-bond acceptors (Lipinski definition) is 2. The maximum absolute atomic E-state index is 12.4. The lowest BCUT2D eigenvalue weighted by Crippen LogP contribution is -2.43. The molecule has 1 atom stereocenters. The first-order valence-electron chi connectivity index (χ1n) is 6.68. The second kappa shape index (κ2) is 5.14. The van der Waals surface area contributed by atoms with E-state index in [0.29, 0.717) is 5.92 Å². The van der Waals surface area contributed by atoms with E-state index in [2.05, 4.69) is 6.92 Å². The van der Waals surface area contributed by atoms with Gasteiger partial charge in [-0.1, -0.05) is 0 Å². The molecular formula is C14H23N3O. The first kappa shape index (κ1) is 13.1. The number of aromatic nitrogens is 1. The Hall–Kier alpha value is -1.29. The van der Waals surface area contributed by atoms with Crippen LogP contribution in [0.4, 0.5) is 0 Å². The van der Waals surface area contributed by atoms with E-state index in [1.807, 2.05) is 35.6 Å². The van der Waals surface area contributed by atoms with Gasteiger partial charge in [-0.3, -0.25) is 4.79 Å². The van der Waals surface area contributed by atoms with Crippen LogP contribution < -0.4 is 5.73 Å². The fourth-order valence-corrected chi connectivity index (χ4v) is 2.62. The van der Waals surface area contributed by atoms with E-state index >= 15 is 0 Å². The number of carbonyl (C=O) groups excluding carboxylic acids is 1. The van der Waals surface area contributed by atoms with Gasteiger partial charge in [0.25, 0.3) is 5.91 Å². The van der Waals surface area contributed by atoms with Crippen molar-refractivity contribution in [3.05, 3.63) is 23.5 Å². The second-order valence-electron chi connectivity index (χ2n) is 5.41.